The molecule has 1 aliphatic rings. The van der Waals surface area contributed by atoms with Gasteiger partial charge in [0.05, 0.1) is 23.5 Å². The summed E-state index contributed by atoms with van der Waals surface area (Å²) in [6.45, 7) is 3.07. The van der Waals surface area contributed by atoms with E-state index in [1.54, 1.807) is 6.20 Å². The quantitative estimate of drug-likeness (QED) is 0.377. The molecule has 1 saturated heterocycles. The highest BCUT2D eigenvalue weighted by Crippen LogP contribution is 2.31. The van der Waals surface area contributed by atoms with E-state index in [0.29, 0.717) is 28.9 Å². The molecule has 3 aromatic heterocycles. The predicted molar refractivity (Wildman–Crippen MR) is 128 cm³/mol. The first-order chi connectivity index (χ1) is 16.1. The molecule has 0 unspecified atom stereocenters. The van der Waals surface area contributed by atoms with Gasteiger partial charge in [-0.1, -0.05) is 11.6 Å². The van der Waals surface area contributed by atoms with E-state index in [1.165, 1.54) is 0 Å². The molecule has 4 aromatic rings. The van der Waals surface area contributed by atoms with Crippen molar-refractivity contribution in [3.05, 3.63) is 47.4 Å². The lowest BCUT2D eigenvalue weighted by molar-refractivity contribution is 0.0834. The van der Waals surface area contributed by atoms with E-state index < -0.39 is 0 Å². The lowest BCUT2D eigenvalue weighted by Gasteiger charge is -2.20. The summed E-state index contributed by atoms with van der Waals surface area (Å²) in [6.07, 6.45) is 4.54. The SMILES string of the molecule is CN(C)CCCOc1ccc(-c2ccc3ncc4nnc(C5CCOCC5)n4c3n2)cc1Cl. The van der Waals surface area contributed by atoms with Crippen LogP contribution in [0.15, 0.2) is 36.5 Å². The molecule has 0 saturated carbocycles. The standard InChI is InChI=1S/C24H27ClN6O2/c1-30(2)10-3-11-33-21-7-4-17(14-18(21)25)19-5-6-20-24(27-19)31-22(15-26-20)28-29-23(31)16-8-12-32-13-9-16/h4-7,14-16H,3,8-13H2,1-2H3. The molecule has 4 heterocycles. The van der Waals surface area contributed by atoms with Crippen LogP contribution in [0.4, 0.5) is 0 Å². The van der Waals surface area contributed by atoms with E-state index in [4.69, 9.17) is 26.1 Å². The Labute approximate surface area is 197 Å². The molecule has 5 rings (SSSR count). The Kier molecular flexibility index (Phi) is 6.39. The first-order valence-electron chi connectivity index (χ1n) is 11.3. The number of ether oxygens (including phenoxy) is 2. The fraction of sp³-hybridized carbons (Fsp3) is 0.417. The van der Waals surface area contributed by atoms with E-state index in [0.717, 1.165) is 67.3 Å². The van der Waals surface area contributed by atoms with Gasteiger partial charge in [0.1, 0.15) is 17.1 Å². The number of pyridine rings is 1. The first kappa shape index (κ1) is 22.0. The molecule has 0 bridgehead atoms. The summed E-state index contributed by atoms with van der Waals surface area (Å²) >= 11 is 6.53. The third-order valence-corrected chi connectivity index (χ3v) is 6.22. The van der Waals surface area contributed by atoms with Crippen LogP contribution in [0, 0.1) is 0 Å². The normalized spacial score (nSPS) is 15.0. The summed E-state index contributed by atoms with van der Waals surface area (Å²) in [4.78, 5) is 11.6. The van der Waals surface area contributed by atoms with Crippen LogP contribution in [0.25, 0.3) is 28.1 Å². The summed E-state index contributed by atoms with van der Waals surface area (Å²) < 4.78 is 13.4. The number of aromatic nitrogens is 5. The van der Waals surface area contributed by atoms with E-state index in [1.807, 2.05) is 48.8 Å². The van der Waals surface area contributed by atoms with Crippen molar-refractivity contribution in [2.45, 2.75) is 25.2 Å². The summed E-state index contributed by atoms with van der Waals surface area (Å²) in [5.74, 6) is 1.90. The van der Waals surface area contributed by atoms with Crippen LogP contribution >= 0.6 is 11.6 Å². The van der Waals surface area contributed by atoms with E-state index in [2.05, 4.69) is 20.1 Å². The van der Waals surface area contributed by atoms with Crippen molar-refractivity contribution in [1.82, 2.24) is 29.5 Å². The Hall–Kier alpha value is -2.81. The molecule has 1 aromatic carbocycles. The lowest BCUT2D eigenvalue weighted by Crippen LogP contribution is -2.16. The van der Waals surface area contributed by atoms with E-state index in [-0.39, 0.29) is 0 Å². The van der Waals surface area contributed by atoms with Gasteiger partial charge in [-0.25, -0.2) is 9.97 Å². The van der Waals surface area contributed by atoms with Crippen molar-refractivity contribution in [1.29, 1.82) is 0 Å². The summed E-state index contributed by atoms with van der Waals surface area (Å²) in [5.41, 5.74) is 3.97. The second-order valence-electron chi connectivity index (χ2n) is 8.59. The Morgan fingerprint density at radius 3 is 2.79 bits per heavy atom. The second kappa shape index (κ2) is 9.59. The zero-order valence-corrected chi connectivity index (χ0v) is 19.6. The topological polar surface area (TPSA) is 77.7 Å². The summed E-state index contributed by atoms with van der Waals surface area (Å²) in [6, 6.07) is 9.73. The van der Waals surface area contributed by atoms with Gasteiger partial charge in [0.15, 0.2) is 11.3 Å². The number of nitrogens with zero attached hydrogens (tertiary/aromatic N) is 6. The number of hydrogen-bond acceptors (Lipinski definition) is 7. The smallest absolute Gasteiger partial charge is 0.181 e. The fourth-order valence-corrected chi connectivity index (χ4v) is 4.40. The van der Waals surface area contributed by atoms with E-state index >= 15 is 0 Å². The third-order valence-electron chi connectivity index (χ3n) is 5.92. The zero-order chi connectivity index (χ0) is 22.8. The van der Waals surface area contributed by atoms with E-state index in [9.17, 15) is 0 Å². The number of fused-ring (bicyclic) bond motifs is 3. The van der Waals surface area contributed by atoms with Crippen molar-refractivity contribution in [2.75, 3.05) is 40.5 Å². The molecule has 0 spiro atoms. The fourth-order valence-electron chi connectivity index (χ4n) is 4.16. The maximum absolute atomic E-state index is 6.53. The largest absolute Gasteiger partial charge is 0.492 e. The van der Waals surface area contributed by atoms with Gasteiger partial charge in [-0.05, 0) is 63.7 Å². The Morgan fingerprint density at radius 2 is 2.00 bits per heavy atom. The molecule has 0 N–H and O–H groups in total. The van der Waals surface area contributed by atoms with Crippen molar-refractivity contribution in [2.24, 2.45) is 0 Å². The van der Waals surface area contributed by atoms with Crippen LogP contribution in [-0.2, 0) is 4.74 Å². The van der Waals surface area contributed by atoms with Gasteiger partial charge >= 0.3 is 0 Å². The molecule has 9 heteroatoms. The molecule has 1 aliphatic heterocycles. The molecule has 0 radical (unpaired) electrons. The van der Waals surface area contributed by atoms with Crippen molar-refractivity contribution < 1.29 is 9.47 Å². The molecule has 172 valence electrons. The monoisotopic (exact) mass is 466 g/mol. The number of halogens is 1. The van der Waals surface area contributed by atoms with Gasteiger partial charge in [-0.15, -0.1) is 10.2 Å². The molecule has 1 fully saturated rings. The Morgan fingerprint density at radius 1 is 1.15 bits per heavy atom. The maximum atomic E-state index is 6.53. The third kappa shape index (κ3) is 4.64. The minimum atomic E-state index is 0.295. The minimum Gasteiger partial charge on any atom is -0.492 e. The zero-order valence-electron chi connectivity index (χ0n) is 18.9. The predicted octanol–water partition coefficient (Wildman–Crippen LogP) is 4.22. The van der Waals surface area contributed by atoms with Crippen LogP contribution in [0.5, 0.6) is 5.75 Å². The molecular formula is C24H27ClN6O2. The second-order valence-corrected chi connectivity index (χ2v) is 8.99. The molecule has 8 nitrogen and oxygen atoms in total. The highest BCUT2D eigenvalue weighted by Gasteiger charge is 2.23. The molecule has 0 atom stereocenters. The molecule has 33 heavy (non-hydrogen) atoms. The van der Waals surface area contributed by atoms with Gasteiger partial charge in [-0.3, -0.25) is 4.40 Å². The first-order valence-corrected chi connectivity index (χ1v) is 11.6. The maximum Gasteiger partial charge on any atom is 0.181 e. The number of hydrogen-bond donors (Lipinski definition) is 0. The van der Waals surface area contributed by atoms with Crippen LogP contribution in [0.2, 0.25) is 5.02 Å². The molecule has 0 aliphatic carbocycles. The van der Waals surface area contributed by atoms with Crippen molar-refractivity contribution >= 4 is 28.4 Å². The highest BCUT2D eigenvalue weighted by atomic mass is 35.5. The van der Waals surface area contributed by atoms with Gasteiger partial charge < -0.3 is 14.4 Å². The minimum absolute atomic E-state index is 0.295. The number of benzene rings is 1. The Balaban J connectivity index is 1.47. The lowest BCUT2D eigenvalue weighted by atomic mass is 9.99. The van der Waals surface area contributed by atoms with Crippen molar-refractivity contribution in [3.8, 4) is 17.0 Å². The summed E-state index contributed by atoms with van der Waals surface area (Å²) in [7, 11) is 4.10. The number of rotatable bonds is 7. The van der Waals surface area contributed by atoms with Crippen LogP contribution in [-0.4, -0.2) is 69.9 Å². The molecule has 0 amide bonds. The Bertz CT molecular complexity index is 1270. The highest BCUT2D eigenvalue weighted by molar-refractivity contribution is 6.32. The van der Waals surface area contributed by atoms with Gasteiger partial charge in [-0.2, -0.15) is 0 Å². The van der Waals surface area contributed by atoms with Crippen LogP contribution in [0.1, 0.15) is 31.0 Å². The average molecular weight is 467 g/mol. The molecular weight excluding hydrogens is 440 g/mol. The van der Waals surface area contributed by atoms with Gasteiger partial charge in [0.2, 0.25) is 0 Å². The summed E-state index contributed by atoms with van der Waals surface area (Å²) in [5, 5.41) is 9.40. The van der Waals surface area contributed by atoms with Gasteiger partial charge in [0.25, 0.3) is 0 Å². The van der Waals surface area contributed by atoms with Crippen molar-refractivity contribution in [3.63, 3.8) is 0 Å². The van der Waals surface area contributed by atoms with Gasteiger partial charge in [0, 0.05) is 31.2 Å². The van der Waals surface area contributed by atoms with Crippen LogP contribution in [0.3, 0.4) is 0 Å². The average Bonchev–Trinajstić information content (AvgIpc) is 3.27. The van der Waals surface area contributed by atoms with Crippen LogP contribution < -0.4 is 4.74 Å².